The second kappa shape index (κ2) is 8.95. The lowest BCUT2D eigenvalue weighted by Crippen LogP contribution is -2.66. The summed E-state index contributed by atoms with van der Waals surface area (Å²) in [5.74, 6) is -1.43. The van der Waals surface area contributed by atoms with Gasteiger partial charge in [0.1, 0.15) is 12.1 Å². The molecule has 0 saturated carbocycles. The molecule has 0 aromatic carbocycles. The summed E-state index contributed by atoms with van der Waals surface area (Å²) >= 11 is 0. The molecule has 138 valence electrons. The average molecular weight is 347 g/mol. The van der Waals surface area contributed by atoms with Crippen molar-refractivity contribution in [3.8, 4) is 0 Å². The first kappa shape index (κ1) is 20.3. The molecule has 24 heavy (non-hydrogen) atoms. The number of esters is 2. The maximum atomic E-state index is 11.8. The summed E-state index contributed by atoms with van der Waals surface area (Å²) in [5, 5.41) is 0. The largest absolute Gasteiger partial charge is 0.456 e. The predicted molar refractivity (Wildman–Crippen MR) is 80.9 cm³/mol. The Bertz CT molecular complexity index is 468. The fourth-order valence-electron chi connectivity index (χ4n) is 2.66. The van der Waals surface area contributed by atoms with Crippen LogP contribution in [0, 0.1) is 0 Å². The average Bonchev–Trinajstić information content (AvgIpc) is 2.48. The summed E-state index contributed by atoms with van der Waals surface area (Å²) in [5.41, 5.74) is 0. The van der Waals surface area contributed by atoms with E-state index in [4.69, 9.17) is 23.7 Å². The van der Waals surface area contributed by atoms with E-state index < -0.39 is 42.6 Å². The van der Waals surface area contributed by atoms with E-state index in [0.29, 0.717) is 0 Å². The zero-order chi connectivity index (χ0) is 18.4. The lowest BCUT2D eigenvalue weighted by molar-refractivity contribution is -0.284. The van der Waals surface area contributed by atoms with Crippen LogP contribution in [0.1, 0.15) is 20.8 Å². The minimum absolute atomic E-state index is 0.0894. The Morgan fingerprint density at radius 2 is 1.54 bits per heavy atom. The Labute approximate surface area is 141 Å². The number of methoxy groups -OCH3 is 2. The molecule has 1 saturated heterocycles. The van der Waals surface area contributed by atoms with Crippen LogP contribution >= 0.6 is 0 Å². The van der Waals surface area contributed by atoms with Gasteiger partial charge < -0.3 is 28.6 Å². The Hall–Kier alpha value is -1.71. The molecule has 1 amide bonds. The zero-order valence-corrected chi connectivity index (χ0v) is 14.8. The van der Waals surface area contributed by atoms with Crippen LogP contribution in [0.3, 0.4) is 0 Å². The minimum atomic E-state index is -0.959. The summed E-state index contributed by atoms with van der Waals surface area (Å²) in [6, 6.07) is -0.783. The van der Waals surface area contributed by atoms with Gasteiger partial charge in [-0.3, -0.25) is 14.4 Å². The topological polar surface area (TPSA) is 101 Å². The molecule has 5 atom stereocenters. The molecule has 0 aliphatic carbocycles. The number of carbonyl (C=O) groups is 3. The summed E-state index contributed by atoms with van der Waals surface area (Å²) in [7, 11) is 4.40. The van der Waals surface area contributed by atoms with Crippen molar-refractivity contribution in [1.29, 1.82) is 0 Å². The maximum absolute atomic E-state index is 11.8. The van der Waals surface area contributed by atoms with Gasteiger partial charge in [-0.25, -0.2) is 0 Å². The zero-order valence-electron chi connectivity index (χ0n) is 14.8. The van der Waals surface area contributed by atoms with Crippen molar-refractivity contribution in [2.24, 2.45) is 0 Å². The van der Waals surface area contributed by atoms with Gasteiger partial charge in [-0.15, -0.1) is 0 Å². The fraction of sp³-hybridized carbons (Fsp3) is 0.800. The molecule has 1 aliphatic rings. The lowest BCUT2D eigenvalue weighted by atomic mass is 9.95. The lowest BCUT2D eigenvalue weighted by Gasteiger charge is -2.47. The fourth-order valence-corrected chi connectivity index (χ4v) is 2.66. The first-order valence-electron chi connectivity index (χ1n) is 7.47. The van der Waals surface area contributed by atoms with Gasteiger partial charge in [0.15, 0.2) is 18.5 Å². The van der Waals surface area contributed by atoms with Crippen LogP contribution in [0.15, 0.2) is 0 Å². The van der Waals surface area contributed by atoms with Crippen molar-refractivity contribution >= 4 is 17.8 Å². The molecule has 1 aliphatic heterocycles. The van der Waals surface area contributed by atoms with Crippen LogP contribution in [-0.2, 0) is 38.1 Å². The third kappa shape index (κ3) is 4.89. The summed E-state index contributed by atoms with van der Waals surface area (Å²) in [6.07, 6.45) is -3.50. The molecule has 0 spiro atoms. The second-order valence-electron chi connectivity index (χ2n) is 5.50. The highest BCUT2D eigenvalue weighted by Gasteiger charge is 2.52. The van der Waals surface area contributed by atoms with Gasteiger partial charge in [0.05, 0.1) is 6.61 Å². The molecule has 0 unspecified atom stereocenters. The quantitative estimate of drug-likeness (QED) is 0.605. The first-order valence-corrected chi connectivity index (χ1v) is 7.47. The van der Waals surface area contributed by atoms with E-state index in [9.17, 15) is 14.4 Å². The molecule has 1 rings (SSSR count). The summed E-state index contributed by atoms with van der Waals surface area (Å²) in [6.45, 7) is 3.92. The number of nitrogens with zero attached hydrogens (tertiary/aromatic N) is 1. The molecule has 9 heteroatoms. The minimum Gasteiger partial charge on any atom is -0.456 e. The van der Waals surface area contributed by atoms with E-state index in [1.165, 1.54) is 46.9 Å². The van der Waals surface area contributed by atoms with Crippen LogP contribution in [0.4, 0.5) is 0 Å². The predicted octanol–water partition coefficient (Wildman–Crippen LogP) is -0.286. The van der Waals surface area contributed by atoms with Crippen LogP contribution in [-0.4, -0.2) is 81.3 Å². The Kier molecular flexibility index (Phi) is 7.59. The van der Waals surface area contributed by atoms with Crippen LogP contribution in [0.2, 0.25) is 0 Å². The Morgan fingerprint density at radius 1 is 1.00 bits per heavy atom. The molecule has 0 aromatic rings. The highest BCUT2D eigenvalue weighted by atomic mass is 16.7. The third-order valence-corrected chi connectivity index (χ3v) is 3.73. The van der Waals surface area contributed by atoms with Crippen molar-refractivity contribution < 1.29 is 38.1 Å². The number of hydrogen-bond acceptors (Lipinski definition) is 8. The van der Waals surface area contributed by atoms with E-state index in [1.54, 1.807) is 0 Å². The second-order valence-corrected chi connectivity index (χ2v) is 5.50. The molecule has 1 fully saturated rings. The van der Waals surface area contributed by atoms with Crippen LogP contribution in [0.25, 0.3) is 0 Å². The van der Waals surface area contributed by atoms with E-state index >= 15 is 0 Å². The Morgan fingerprint density at radius 3 is 1.96 bits per heavy atom. The maximum Gasteiger partial charge on any atom is 0.303 e. The van der Waals surface area contributed by atoms with Crippen LogP contribution < -0.4 is 0 Å². The SMILES string of the molecule is COC[C@H]1O[C@H](OC)[C@H](N(C)C(C)=O)[C@@H](OC(C)=O)[C@@H]1OC(C)=O. The van der Waals surface area contributed by atoms with Gasteiger partial charge in [-0.2, -0.15) is 0 Å². The van der Waals surface area contributed by atoms with Crippen molar-refractivity contribution in [3.05, 3.63) is 0 Å². The van der Waals surface area contributed by atoms with E-state index in [2.05, 4.69) is 0 Å². The first-order chi connectivity index (χ1) is 11.2. The molecule has 0 N–H and O–H groups in total. The number of ether oxygens (including phenoxy) is 5. The van der Waals surface area contributed by atoms with Crippen molar-refractivity contribution in [1.82, 2.24) is 4.90 Å². The van der Waals surface area contributed by atoms with Gasteiger partial charge in [0.25, 0.3) is 0 Å². The van der Waals surface area contributed by atoms with Gasteiger partial charge in [-0.05, 0) is 0 Å². The summed E-state index contributed by atoms with van der Waals surface area (Å²) in [4.78, 5) is 36.2. The molecular weight excluding hydrogens is 322 g/mol. The van der Waals surface area contributed by atoms with E-state index in [1.807, 2.05) is 0 Å². The van der Waals surface area contributed by atoms with E-state index in [-0.39, 0.29) is 12.5 Å². The number of carbonyl (C=O) groups excluding carboxylic acids is 3. The normalized spacial score (nSPS) is 29.7. The molecule has 9 nitrogen and oxygen atoms in total. The van der Waals surface area contributed by atoms with Gasteiger partial charge in [0.2, 0.25) is 5.91 Å². The third-order valence-electron chi connectivity index (χ3n) is 3.73. The molecule has 0 bridgehead atoms. The van der Waals surface area contributed by atoms with E-state index in [0.717, 1.165) is 0 Å². The van der Waals surface area contributed by atoms with Crippen molar-refractivity contribution in [2.45, 2.75) is 51.4 Å². The smallest absolute Gasteiger partial charge is 0.303 e. The molecule has 0 aromatic heterocycles. The highest BCUT2D eigenvalue weighted by Crippen LogP contribution is 2.30. The monoisotopic (exact) mass is 347 g/mol. The van der Waals surface area contributed by atoms with Gasteiger partial charge in [0, 0.05) is 42.0 Å². The van der Waals surface area contributed by atoms with Crippen LogP contribution in [0.5, 0.6) is 0 Å². The van der Waals surface area contributed by atoms with Crippen molar-refractivity contribution in [2.75, 3.05) is 27.9 Å². The molecule has 0 radical (unpaired) electrons. The van der Waals surface area contributed by atoms with Crippen molar-refractivity contribution in [3.63, 3.8) is 0 Å². The summed E-state index contributed by atoms with van der Waals surface area (Å²) < 4.78 is 26.9. The number of hydrogen-bond donors (Lipinski definition) is 0. The highest BCUT2D eigenvalue weighted by molar-refractivity contribution is 5.73. The standard InChI is InChI=1S/C15H25NO8/c1-8(17)16(4)12-14(23-10(3)19)13(22-9(2)18)11(7-20-5)24-15(12)21-6/h11-15H,7H2,1-6H3/t11-,12-,13-,14-,15+/m1/s1. The Balaban J connectivity index is 3.28. The number of rotatable bonds is 6. The molecular formula is C15H25NO8. The number of likely N-dealkylation sites (N-methyl/N-ethyl adjacent to an activating group) is 1. The number of amides is 1. The van der Waals surface area contributed by atoms with Gasteiger partial charge >= 0.3 is 11.9 Å². The van der Waals surface area contributed by atoms with Gasteiger partial charge in [-0.1, -0.05) is 0 Å². The molecule has 1 heterocycles.